The van der Waals surface area contributed by atoms with Crippen LogP contribution in [0.1, 0.15) is 11.1 Å². The Morgan fingerprint density at radius 2 is 0.960 bits per heavy atom. The summed E-state index contributed by atoms with van der Waals surface area (Å²) in [5.41, 5.74) is 10.5. The predicted molar refractivity (Wildman–Crippen MR) is 199 cm³/mol. The number of hydrogen-bond donors (Lipinski definition) is 0. The molecule has 0 saturated heterocycles. The molecule has 0 aliphatic carbocycles. The van der Waals surface area contributed by atoms with Gasteiger partial charge in [0.15, 0.2) is 5.58 Å². The molecule has 0 aliphatic rings. The van der Waals surface area contributed by atoms with Crippen LogP contribution in [-0.2, 0) is 0 Å². The summed E-state index contributed by atoms with van der Waals surface area (Å²) in [6, 6.07) is 49.7. The molecule has 0 N–H and O–H groups in total. The maximum atomic E-state index is 9.79. The highest BCUT2D eigenvalue weighted by Gasteiger charge is 2.21. The van der Waals surface area contributed by atoms with Crippen molar-refractivity contribution in [3.63, 3.8) is 0 Å². The zero-order chi connectivity index (χ0) is 33.1. The first-order chi connectivity index (χ1) is 24.7. The van der Waals surface area contributed by atoms with Crippen LogP contribution in [0.2, 0.25) is 0 Å². The minimum atomic E-state index is 0.610. The smallest absolute Gasteiger partial charge is 0.160 e. The molecule has 4 heterocycles. The Labute approximate surface area is 283 Å². The van der Waals surface area contributed by atoms with Crippen LogP contribution in [0.3, 0.4) is 0 Å². The van der Waals surface area contributed by atoms with E-state index >= 15 is 0 Å². The van der Waals surface area contributed by atoms with E-state index in [-0.39, 0.29) is 0 Å². The molecule has 0 saturated carbocycles. The van der Waals surface area contributed by atoms with E-state index < -0.39 is 0 Å². The molecule has 0 aliphatic heterocycles. The van der Waals surface area contributed by atoms with Crippen molar-refractivity contribution < 1.29 is 8.83 Å². The van der Waals surface area contributed by atoms with Crippen LogP contribution in [-0.4, -0.2) is 9.13 Å². The maximum Gasteiger partial charge on any atom is 0.160 e. The van der Waals surface area contributed by atoms with E-state index in [1.165, 1.54) is 0 Å². The second-order valence-electron chi connectivity index (χ2n) is 12.8. The lowest BCUT2D eigenvalue weighted by atomic mass is 10.1. The van der Waals surface area contributed by atoms with Crippen LogP contribution in [0.5, 0.6) is 0 Å². The first-order valence-corrected chi connectivity index (χ1v) is 16.4. The highest BCUT2D eigenvalue weighted by Crippen LogP contribution is 2.42. The third kappa shape index (κ3) is 3.49. The van der Waals surface area contributed by atoms with Crippen LogP contribution in [0.4, 0.5) is 0 Å². The second-order valence-corrected chi connectivity index (χ2v) is 12.8. The second kappa shape index (κ2) is 9.64. The van der Waals surface area contributed by atoms with Crippen molar-refractivity contribution in [2.24, 2.45) is 0 Å². The summed E-state index contributed by atoms with van der Waals surface area (Å²) < 4.78 is 17.5. The van der Waals surface area contributed by atoms with E-state index in [2.05, 4.69) is 75.9 Å². The Hall–Kier alpha value is -7.28. The summed E-state index contributed by atoms with van der Waals surface area (Å²) in [7, 11) is 0. The van der Waals surface area contributed by atoms with Crippen LogP contribution in [0.15, 0.2) is 142 Å². The van der Waals surface area contributed by atoms with Gasteiger partial charge < -0.3 is 18.0 Å². The molecule has 0 bridgehead atoms. The molecule has 11 aromatic rings. The summed E-state index contributed by atoms with van der Waals surface area (Å²) in [6.07, 6.45) is 0. The van der Waals surface area contributed by atoms with Crippen molar-refractivity contribution in [1.82, 2.24) is 9.13 Å². The Bertz CT molecular complexity index is 3360. The van der Waals surface area contributed by atoms with Crippen molar-refractivity contribution in [2.45, 2.75) is 0 Å². The van der Waals surface area contributed by atoms with E-state index in [1.54, 1.807) is 0 Å². The van der Waals surface area contributed by atoms with Crippen molar-refractivity contribution in [2.75, 3.05) is 0 Å². The van der Waals surface area contributed by atoms with Gasteiger partial charge in [-0.15, -0.1) is 0 Å². The lowest BCUT2D eigenvalue weighted by molar-refractivity contribution is 0.669. The van der Waals surface area contributed by atoms with E-state index in [1.807, 2.05) is 78.9 Å². The van der Waals surface area contributed by atoms with Crippen molar-refractivity contribution in [1.29, 1.82) is 10.5 Å². The van der Waals surface area contributed by atoms with Crippen LogP contribution < -0.4 is 0 Å². The Kier molecular flexibility index (Phi) is 5.16. The first-order valence-electron chi connectivity index (χ1n) is 16.4. The van der Waals surface area contributed by atoms with Gasteiger partial charge in [-0.3, -0.25) is 0 Å². The van der Waals surface area contributed by atoms with Crippen molar-refractivity contribution >= 4 is 87.5 Å². The molecule has 0 amide bonds. The third-order valence-corrected chi connectivity index (χ3v) is 10.2. The fourth-order valence-corrected chi connectivity index (χ4v) is 7.97. The number of nitriles is 2. The molecule has 0 unspecified atom stereocenters. The monoisotopic (exact) mass is 638 g/mol. The molecule has 4 aromatic heterocycles. The number of nitrogens with zero attached hydrogens (tertiary/aromatic N) is 4. The van der Waals surface area contributed by atoms with E-state index in [4.69, 9.17) is 8.83 Å². The highest BCUT2D eigenvalue weighted by molar-refractivity contribution is 6.22. The minimum absolute atomic E-state index is 0.610. The average molecular weight is 639 g/mol. The largest absolute Gasteiger partial charge is 0.456 e. The van der Waals surface area contributed by atoms with E-state index in [0.717, 1.165) is 98.9 Å². The molecule has 0 radical (unpaired) electrons. The Morgan fingerprint density at radius 3 is 1.68 bits per heavy atom. The number of para-hydroxylation sites is 2. The summed E-state index contributed by atoms with van der Waals surface area (Å²) in [5.74, 6) is 0. The van der Waals surface area contributed by atoms with Gasteiger partial charge in [-0.2, -0.15) is 10.5 Å². The van der Waals surface area contributed by atoms with Crippen LogP contribution in [0.25, 0.3) is 98.9 Å². The number of rotatable bonds is 2. The molecule has 0 spiro atoms. The number of furan rings is 2. The topological polar surface area (TPSA) is 83.7 Å². The fraction of sp³-hybridized carbons (Fsp3) is 0. The number of fused-ring (bicyclic) bond motifs is 13. The summed E-state index contributed by atoms with van der Waals surface area (Å²) in [6.45, 7) is 0. The lowest BCUT2D eigenvalue weighted by Crippen LogP contribution is -1.94. The minimum Gasteiger partial charge on any atom is -0.456 e. The van der Waals surface area contributed by atoms with E-state index in [9.17, 15) is 10.5 Å². The first kappa shape index (κ1) is 26.8. The SMILES string of the molecule is N#Cc1ccc2c(c1)c1ccccc1n2-c1ccc2oc3ccc(-n4c5ccc(C#N)cc5c5ccc6c7ccccc7oc6c54)cc3c2c1. The summed E-state index contributed by atoms with van der Waals surface area (Å²) in [5, 5.41) is 27.7. The quantitative estimate of drug-likeness (QED) is 0.189. The van der Waals surface area contributed by atoms with Gasteiger partial charge in [0, 0.05) is 54.5 Å². The molecule has 7 aromatic carbocycles. The number of hydrogen-bond acceptors (Lipinski definition) is 4. The molecule has 230 valence electrons. The lowest BCUT2D eigenvalue weighted by Gasteiger charge is -2.09. The van der Waals surface area contributed by atoms with Gasteiger partial charge in [0.25, 0.3) is 0 Å². The predicted octanol–water partition coefficient (Wildman–Crippen LogP) is 11.4. The van der Waals surface area contributed by atoms with Gasteiger partial charge in [-0.25, -0.2) is 0 Å². The third-order valence-electron chi connectivity index (χ3n) is 10.2. The van der Waals surface area contributed by atoms with Gasteiger partial charge in [0.1, 0.15) is 16.7 Å². The number of benzene rings is 7. The molecule has 6 heteroatoms. The summed E-state index contributed by atoms with van der Waals surface area (Å²) in [4.78, 5) is 0. The molecular weight excluding hydrogens is 617 g/mol. The molecular formula is C44H22N4O2. The molecule has 50 heavy (non-hydrogen) atoms. The molecule has 0 fully saturated rings. The maximum absolute atomic E-state index is 9.79. The van der Waals surface area contributed by atoms with Gasteiger partial charge in [-0.1, -0.05) is 42.5 Å². The average Bonchev–Trinajstić information content (AvgIpc) is 3.91. The zero-order valence-electron chi connectivity index (χ0n) is 26.3. The van der Waals surface area contributed by atoms with Gasteiger partial charge >= 0.3 is 0 Å². The zero-order valence-corrected chi connectivity index (χ0v) is 26.3. The van der Waals surface area contributed by atoms with Gasteiger partial charge in [0.2, 0.25) is 0 Å². The summed E-state index contributed by atoms with van der Waals surface area (Å²) >= 11 is 0. The number of aromatic nitrogens is 2. The van der Waals surface area contributed by atoms with Crippen LogP contribution in [0, 0.1) is 22.7 Å². The Balaban J connectivity index is 1.20. The molecule has 0 atom stereocenters. The van der Waals surface area contributed by atoms with Gasteiger partial charge in [0.05, 0.1) is 45.3 Å². The normalized spacial score (nSPS) is 12.0. The molecule has 6 nitrogen and oxygen atoms in total. The van der Waals surface area contributed by atoms with Crippen molar-refractivity contribution in [3.8, 4) is 23.5 Å². The molecule has 11 rings (SSSR count). The van der Waals surface area contributed by atoms with Crippen molar-refractivity contribution in [3.05, 3.63) is 145 Å². The van der Waals surface area contributed by atoms with E-state index in [0.29, 0.717) is 11.1 Å². The Morgan fingerprint density at radius 1 is 0.400 bits per heavy atom. The highest BCUT2D eigenvalue weighted by atomic mass is 16.3. The standard InChI is InChI=1S/C44H22N4O2/c45-23-25-9-15-38-33(19-25)29-5-1-3-7-37(29)47(38)27-11-17-41-35(21-27)36-22-28(12-18-42(36)49-41)48-39-16-10-26(24-46)20-34(39)31-13-14-32-30-6-2-4-8-40(30)50-44(32)43(31)48/h1-22H. The fourth-order valence-electron chi connectivity index (χ4n) is 7.97. The van der Waals surface area contributed by atoms with Crippen LogP contribution >= 0.6 is 0 Å². The van der Waals surface area contributed by atoms with Gasteiger partial charge in [-0.05, 0) is 91.0 Å².